The number of carbonyl (C=O) groups excluding carboxylic acids is 1. The quantitative estimate of drug-likeness (QED) is 0.594. The summed E-state index contributed by atoms with van der Waals surface area (Å²) >= 11 is 5.30. The molecule has 0 atom stereocenters. The highest BCUT2D eigenvalue weighted by atomic mass is 35.5. The first kappa shape index (κ1) is 9.85. The van der Waals surface area contributed by atoms with Crippen LogP contribution in [-0.2, 0) is 0 Å². The number of carbonyl (C=O) groups is 1. The molecule has 0 aromatic carbocycles. The second kappa shape index (κ2) is 3.66. The van der Waals surface area contributed by atoms with Gasteiger partial charge in [0.25, 0.3) is 12.0 Å². The fourth-order valence-corrected chi connectivity index (χ4v) is 1.01. The number of H-pyrrole nitrogens is 1. The van der Waals surface area contributed by atoms with Crippen molar-refractivity contribution in [2.24, 2.45) is 0 Å². The van der Waals surface area contributed by atoms with Crippen LogP contribution in [0.5, 0.6) is 0 Å². The van der Waals surface area contributed by atoms with E-state index in [1.165, 1.54) is 0 Å². The predicted molar refractivity (Wildman–Crippen MR) is 42.4 cm³/mol. The number of aromatic amines is 1. The van der Waals surface area contributed by atoms with Crippen LogP contribution in [0, 0.1) is 0 Å². The van der Waals surface area contributed by atoms with Gasteiger partial charge in [0.15, 0.2) is 6.29 Å². The summed E-state index contributed by atoms with van der Waals surface area (Å²) in [6, 6.07) is 0.777. The number of aldehydes is 1. The van der Waals surface area contributed by atoms with E-state index in [1.807, 2.05) is 4.98 Å². The minimum atomic E-state index is -2.82. The standard InChI is InChI=1S/C7H4ClF2NO2/c8-5-4(6(9)10)1-3(2-12)7(13)11-5/h1-2,6H,(H,11,13). The van der Waals surface area contributed by atoms with E-state index in [0.29, 0.717) is 0 Å². The monoisotopic (exact) mass is 207 g/mol. The number of alkyl halides is 2. The van der Waals surface area contributed by atoms with Crippen LogP contribution in [0.25, 0.3) is 0 Å². The molecule has 0 unspecified atom stereocenters. The summed E-state index contributed by atoms with van der Waals surface area (Å²) in [5.74, 6) is 0. The summed E-state index contributed by atoms with van der Waals surface area (Å²) in [5.41, 5.74) is -1.69. The molecule has 0 saturated heterocycles. The van der Waals surface area contributed by atoms with E-state index in [9.17, 15) is 18.4 Å². The van der Waals surface area contributed by atoms with Gasteiger partial charge in [0.05, 0.1) is 11.1 Å². The van der Waals surface area contributed by atoms with Crippen LogP contribution in [0.1, 0.15) is 22.3 Å². The van der Waals surface area contributed by atoms with E-state index < -0.39 is 22.7 Å². The molecule has 0 spiro atoms. The zero-order valence-electron chi connectivity index (χ0n) is 6.18. The van der Waals surface area contributed by atoms with Crippen molar-refractivity contribution in [3.05, 3.63) is 32.7 Å². The first-order chi connectivity index (χ1) is 6.06. The number of rotatable bonds is 2. The van der Waals surface area contributed by atoms with Gasteiger partial charge in [-0.2, -0.15) is 0 Å². The summed E-state index contributed by atoms with van der Waals surface area (Å²) in [4.78, 5) is 23.0. The topological polar surface area (TPSA) is 49.9 Å². The molecule has 1 N–H and O–H groups in total. The molecule has 3 nitrogen and oxygen atoms in total. The van der Waals surface area contributed by atoms with Gasteiger partial charge in [0.1, 0.15) is 5.15 Å². The van der Waals surface area contributed by atoms with E-state index in [0.717, 1.165) is 6.07 Å². The van der Waals surface area contributed by atoms with Crippen LogP contribution in [0.4, 0.5) is 8.78 Å². The molecule has 0 aliphatic heterocycles. The lowest BCUT2D eigenvalue weighted by atomic mass is 10.2. The third kappa shape index (κ3) is 1.92. The molecule has 70 valence electrons. The van der Waals surface area contributed by atoms with Gasteiger partial charge in [0.2, 0.25) is 0 Å². The van der Waals surface area contributed by atoms with Crippen LogP contribution < -0.4 is 5.56 Å². The van der Waals surface area contributed by atoms with Crippen LogP contribution in [0.2, 0.25) is 5.15 Å². The van der Waals surface area contributed by atoms with Crippen molar-refractivity contribution in [2.75, 3.05) is 0 Å². The van der Waals surface area contributed by atoms with Crippen molar-refractivity contribution in [1.82, 2.24) is 4.98 Å². The minimum Gasteiger partial charge on any atom is -0.312 e. The van der Waals surface area contributed by atoms with Gasteiger partial charge < -0.3 is 4.98 Å². The van der Waals surface area contributed by atoms with Crippen molar-refractivity contribution >= 4 is 17.9 Å². The first-order valence-electron chi connectivity index (χ1n) is 3.22. The average Bonchev–Trinajstić information content (AvgIpc) is 2.03. The fraction of sp³-hybridized carbons (Fsp3) is 0.143. The highest BCUT2D eigenvalue weighted by Crippen LogP contribution is 2.24. The second-order valence-electron chi connectivity index (χ2n) is 2.24. The number of nitrogens with one attached hydrogen (secondary N) is 1. The SMILES string of the molecule is O=Cc1cc(C(F)F)c(Cl)[nH]c1=O. The number of halogens is 3. The van der Waals surface area contributed by atoms with Gasteiger partial charge in [-0.3, -0.25) is 9.59 Å². The highest BCUT2D eigenvalue weighted by Gasteiger charge is 2.14. The van der Waals surface area contributed by atoms with E-state index in [-0.39, 0.29) is 11.8 Å². The Kier molecular flexibility index (Phi) is 2.77. The summed E-state index contributed by atoms with van der Waals surface area (Å²) in [5, 5.41) is -0.439. The van der Waals surface area contributed by atoms with Crippen molar-refractivity contribution in [1.29, 1.82) is 0 Å². The summed E-state index contributed by atoms with van der Waals surface area (Å²) < 4.78 is 24.3. The smallest absolute Gasteiger partial charge is 0.266 e. The lowest BCUT2D eigenvalue weighted by molar-refractivity contribution is 0.112. The zero-order valence-corrected chi connectivity index (χ0v) is 6.94. The molecule has 6 heteroatoms. The molecular weight excluding hydrogens is 204 g/mol. The van der Waals surface area contributed by atoms with E-state index in [4.69, 9.17) is 11.6 Å². The Morgan fingerprint density at radius 1 is 1.54 bits per heavy atom. The average molecular weight is 208 g/mol. The predicted octanol–water partition coefficient (Wildman–Crippen LogP) is 1.78. The molecule has 1 rings (SSSR count). The molecule has 0 fully saturated rings. The lowest BCUT2D eigenvalue weighted by Crippen LogP contribution is -2.13. The van der Waals surface area contributed by atoms with Crippen LogP contribution >= 0.6 is 11.6 Å². The second-order valence-corrected chi connectivity index (χ2v) is 2.62. The van der Waals surface area contributed by atoms with Gasteiger partial charge in [-0.1, -0.05) is 11.6 Å². The molecular formula is C7H4ClF2NO2. The third-order valence-electron chi connectivity index (χ3n) is 1.41. The Morgan fingerprint density at radius 3 is 2.62 bits per heavy atom. The maximum absolute atomic E-state index is 12.2. The maximum Gasteiger partial charge on any atom is 0.266 e. The van der Waals surface area contributed by atoms with Gasteiger partial charge in [-0.15, -0.1) is 0 Å². The van der Waals surface area contributed by atoms with Crippen molar-refractivity contribution in [2.45, 2.75) is 6.43 Å². The Balaban J connectivity index is 3.39. The minimum absolute atomic E-state index is 0.195. The number of pyridine rings is 1. The highest BCUT2D eigenvalue weighted by molar-refractivity contribution is 6.30. The molecule has 0 amide bonds. The Bertz CT molecular complexity index is 389. The molecule has 0 saturated carbocycles. The molecule has 0 aliphatic rings. The lowest BCUT2D eigenvalue weighted by Gasteiger charge is -2.01. The first-order valence-corrected chi connectivity index (χ1v) is 3.60. The number of hydrogen-bond donors (Lipinski definition) is 1. The van der Waals surface area contributed by atoms with E-state index in [1.54, 1.807) is 0 Å². The Hall–Kier alpha value is -1.23. The Labute approximate surface area is 76.3 Å². The van der Waals surface area contributed by atoms with Gasteiger partial charge in [0, 0.05) is 0 Å². The third-order valence-corrected chi connectivity index (χ3v) is 1.72. The largest absolute Gasteiger partial charge is 0.312 e. The molecule has 1 aromatic rings. The normalized spacial score (nSPS) is 10.5. The summed E-state index contributed by atoms with van der Waals surface area (Å²) in [7, 11) is 0. The van der Waals surface area contributed by atoms with E-state index in [2.05, 4.69) is 0 Å². The molecule has 13 heavy (non-hydrogen) atoms. The fourth-order valence-electron chi connectivity index (χ4n) is 0.787. The zero-order chi connectivity index (χ0) is 10.0. The van der Waals surface area contributed by atoms with Crippen LogP contribution in [0.3, 0.4) is 0 Å². The molecule has 0 aliphatic carbocycles. The van der Waals surface area contributed by atoms with Gasteiger partial charge in [-0.25, -0.2) is 8.78 Å². The molecule has 1 heterocycles. The molecule has 1 aromatic heterocycles. The maximum atomic E-state index is 12.2. The molecule has 0 bridgehead atoms. The van der Waals surface area contributed by atoms with Crippen molar-refractivity contribution in [3.8, 4) is 0 Å². The van der Waals surface area contributed by atoms with Crippen molar-refractivity contribution < 1.29 is 13.6 Å². The van der Waals surface area contributed by atoms with Crippen molar-refractivity contribution in [3.63, 3.8) is 0 Å². The number of hydrogen-bond acceptors (Lipinski definition) is 2. The van der Waals surface area contributed by atoms with Gasteiger partial charge in [-0.05, 0) is 6.07 Å². The molecule has 0 radical (unpaired) electrons. The summed E-state index contributed by atoms with van der Waals surface area (Å²) in [6.45, 7) is 0. The Morgan fingerprint density at radius 2 is 2.15 bits per heavy atom. The van der Waals surface area contributed by atoms with Gasteiger partial charge >= 0.3 is 0 Å². The van der Waals surface area contributed by atoms with Crippen LogP contribution in [0.15, 0.2) is 10.9 Å². The number of aromatic nitrogens is 1. The summed E-state index contributed by atoms with van der Waals surface area (Å²) in [6.07, 6.45) is -2.62. The van der Waals surface area contributed by atoms with E-state index >= 15 is 0 Å². The van der Waals surface area contributed by atoms with Crippen LogP contribution in [-0.4, -0.2) is 11.3 Å².